The van der Waals surface area contributed by atoms with Gasteiger partial charge in [-0.3, -0.25) is 9.59 Å². The molecule has 116 valence electrons. The van der Waals surface area contributed by atoms with Crippen LogP contribution in [0.5, 0.6) is 5.75 Å². The SMILES string of the molecule is CCCNC(=O)CNC(=O)C(C)Oc1ccc(Cl)cc1Br. The van der Waals surface area contributed by atoms with Crippen molar-refractivity contribution in [1.29, 1.82) is 0 Å². The number of carbonyl (C=O) groups excluding carboxylic acids is 2. The zero-order valence-electron chi connectivity index (χ0n) is 11.9. The van der Waals surface area contributed by atoms with Crippen molar-refractivity contribution in [1.82, 2.24) is 10.6 Å². The highest BCUT2D eigenvalue weighted by molar-refractivity contribution is 9.10. The molecule has 0 heterocycles. The number of hydrogen-bond acceptors (Lipinski definition) is 3. The van der Waals surface area contributed by atoms with Crippen LogP contribution in [0.1, 0.15) is 20.3 Å². The molecule has 0 spiro atoms. The normalized spacial score (nSPS) is 11.6. The minimum Gasteiger partial charge on any atom is -0.480 e. The second-order valence-corrected chi connectivity index (χ2v) is 5.69. The minimum atomic E-state index is -0.721. The Kier molecular flexibility index (Phi) is 7.53. The molecule has 0 saturated carbocycles. The van der Waals surface area contributed by atoms with Gasteiger partial charge in [-0.05, 0) is 47.5 Å². The van der Waals surface area contributed by atoms with Gasteiger partial charge in [-0.2, -0.15) is 0 Å². The van der Waals surface area contributed by atoms with Crippen LogP contribution in [0.2, 0.25) is 5.02 Å². The summed E-state index contributed by atoms with van der Waals surface area (Å²) in [6.07, 6.45) is 0.130. The third kappa shape index (κ3) is 6.35. The number of amides is 2. The van der Waals surface area contributed by atoms with Gasteiger partial charge in [-0.1, -0.05) is 18.5 Å². The Balaban J connectivity index is 2.45. The van der Waals surface area contributed by atoms with Gasteiger partial charge in [-0.15, -0.1) is 0 Å². The minimum absolute atomic E-state index is 0.0612. The van der Waals surface area contributed by atoms with E-state index in [0.717, 1.165) is 6.42 Å². The van der Waals surface area contributed by atoms with Crippen molar-refractivity contribution < 1.29 is 14.3 Å². The lowest BCUT2D eigenvalue weighted by atomic mass is 10.3. The Morgan fingerprint density at radius 3 is 2.71 bits per heavy atom. The number of benzene rings is 1. The molecule has 0 fully saturated rings. The summed E-state index contributed by atoms with van der Waals surface area (Å²) in [6, 6.07) is 5.02. The van der Waals surface area contributed by atoms with Gasteiger partial charge < -0.3 is 15.4 Å². The first-order valence-electron chi connectivity index (χ1n) is 6.60. The number of hydrogen-bond donors (Lipinski definition) is 2. The molecule has 0 bridgehead atoms. The summed E-state index contributed by atoms with van der Waals surface area (Å²) in [4.78, 5) is 23.2. The van der Waals surface area contributed by atoms with E-state index in [-0.39, 0.29) is 18.4 Å². The van der Waals surface area contributed by atoms with Crippen LogP contribution in [0.25, 0.3) is 0 Å². The molecule has 0 aromatic heterocycles. The van der Waals surface area contributed by atoms with Crippen molar-refractivity contribution in [3.05, 3.63) is 27.7 Å². The van der Waals surface area contributed by atoms with E-state index in [4.69, 9.17) is 16.3 Å². The molecule has 1 aromatic rings. The number of ether oxygens (including phenoxy) is 1. The molecule has 2 amide bonds. The molecule has 1 atom stereocenters. The van der Waals surface area contributed by atoms with Crippen LogP contribution in [-0.2, 0) is 9.59 Å². The van der Waals surface area contributed by atoms with E-state index >= 15 is 0 Å². The van der Waals surface area contributed by atoms with E-state index < -0.39 is 6.10 Å². The monoisotopic (exact) mass is 376 g/mol. The Bertz CT molecular complexity index is 511. The molecule has 0 radical (unpaired) electrons. The highest BCUT2D eigenvalue weighted by Crippen LogP contribution is 2.28. The molecule has 0 aliphatic rings. The first kappa shape index (κ1) is 17.8. The van der Waals surface area contributed by atoms with Crippen LogP contribution in [0.3, 0.4) is 0 Å². The van der Waals surface area contributed by atoms with Crippen molar-refractivity contribution in [2.24, 2.45) is 0 Å². The molecule has 1 unspecified atom stereocenters. The van der Waals surface area contributed by atoms with Crippen molar-refractivity contribution in [3.8, 4) is 5.75 Å². The molecule has 5 nitrogen and oxygen atoms in total. The van der Waals surface area contributed by atoms with E-state index in [2.05, 4.69) is 26.6 Å². The summed E-state index contributed by atoms with van der Waals surface area (Å²) < 4.78 is 6.19. The van der Waals surface area contributed by atoms with E-state index in [1.54, 1.807) is 25.1 Å². The van der Waals surface area contributed by atoms with E-state index in [9.17, 15) is 9.59 Å². The van der Waals surface area contributed by atoms with Gasteiger partial charge in [0.1, 0.15) is 5.75 Å². The molecule has 1 rings (SSSR count). The van der Waals surface area contributed by atoms with Crippen molar-refractivity contribution in [2.45, 2.75) is 26.4 Å². The summed E-state index contributed by atoms with van der Waals surface area (Å²) in [5.41, 5.74) is 0. The Hall–Kier alpha value is -1.27. The van der Waals surface area contributed by atoms with Gasteiger partial charge in [0.15, 0.2) is 6.10 Å². The zero-order chi connectivity index (χ0) is 15.8. The molecule has 0 saturated heterocycles. The third-order valence-corrected chi connectivity index (χ3v) is 3.42. The first-order chi connectivity index (χ1) is 9.93. The lowest BCUT2D eigenvalue weighted by molar-refractivity contribution is -0.130. The van der Waals surface area contributed by atoms with Gasteiger partial charge >= 0.3 is 0 Å². The maximum atomic E-state index is 11.8. The maximum absolute atomic E-state index is 11.8. The Morgan fingerprint density at radius 2 is 2.10 bits per heavy atom. The smallest absolute Gasteiger partial charge is 0.261 e. The number of carbonyl (C=O) groups is 2. The van der Waals surface area contributed by atoms with Gasteiger partial charge in [0.05, 0.1) is 11.0 Å². The second-order valence-electron chi connectivity index (χ2n) is 4.40. The molecule has 2 N–H and O–H groups in total. The lowest BCUT2D eigenvalue weighted by Crippen LogP contribution is -2.42. The van der Waals surface area contributed by atoms with Crippen LogP contribution in [0, 0.1) is 0 Å². The summed E-state index contributed by atoms with van der Waals surface area (Å²) >= 11 is 9.14. The summed E-state index contributed by atoms with van der Waals surface area (Å²) in [5.74, 6) is -0.0638. The highest BCUT2D eigenvalue weighted by atomic mass is 79.9. The van der Waals surface area contributed by atoms with Crippen molar-refractivity contribution >= 4 is 39.3 Å². The number of nitrogens with one attached hydrogen (secondary N) is 2. The first-order valence-corrected chi connectivity index (χ1v) is 7.77. The highest BCUT2D eigenvalue weighted by Gasteiger charge is 2.16. The van der Waals surface area contributed by atoms with E-state index in [1.165, 1.54) is 0 Å². The van der Waals surface area contributed by atoms with E-state index in [0.29, 0.717) is 21.8 Å². The zero-order valence-corrected chi connectivity index (χ0v) is 14.3. The summed E-state index contributed by atoms with van der Waals surface area (Å²) in [6.45, 7) is 4.10. The van der Waals surface area contributed by atoms with Crippen LogP contribution in [0.15, 0.2) is 22.7 Å². The molecular weight excluding hydrogens is 360 g/mol. The topological polar surface area (TPSA) is 67.4 Å². The molecule has 1 aromatic carbocycles. The molecule has 7 heteroatoms. The van der Waals surface area contributed by atoms with Gasteiger partial charge in [0.25, 0.3) is 5.91 Å². The number of rotatable bonds is 7. The quantitative estimate of drug-likeness (QED) is 0.767. The molecule has 21 heavy (non-hydrogen) atoms. The maximum Gasteiger partial charge on any atom is 0.261 e. The molecule has 0 aliphatic heterocycles. The van der Waals surface area contributed by atoms with E-state index in [1.807, 2.05) is 6.92 Å². The summed E-state index contributed by atoms with van der Waals surface area (Å²) in [5, 5.41) is 5.77. The standard InChI is InChI=1S/C14H18BrClN2O3/c1-3-6-17-13(19)8-18-14(20)9(2)21-12-5-4-10(16)7-11(12)15/h4-5,7,9H,3,6,8H2,1-2H3,(H,17,19)(H,18,20). The van der Waals surface area contributed by atoms with Gasteiger partial charge in [0, 0.05) is 11.6 Å². The van der Waals surface area contributed by atoms with Crippen molar-refractivity contribution in [3.63, 3.8) is 0 Å². The fourth-order valence-electron chi connectivity index (χ4n) is 1.45. The lowest BCUT2D eigenvalue weighted by Gasteiger charge is -2.15. The Labute approximate surface area is 137 Å². The largest absolute Gasteiger partial charge is 0.480 e. The number of halogens is 2. The average molecular weight is 378 g/mol. The van der Waals surface area contributed by atoms with Gasteiger partial charge in [0.2, 0.25) is 5.91 Å². The molecule has 0 aliphatic carbocycles. The second kappa shape index (κ2) is 8.89. The molecular formula is C14H18BrClN2O3. The Morgan fingerprint density at radius 1 is 1.38 bits per heavy atom. The average Bonchev–Trinajstić information content (AvgIpc) is 2.45. The predicted molar refractivity (Wildman–Crippen MR) is 85.6 cm³/mol. The summed E-state index contributed by atoms with van der Waals surface area (Å²) in [7, 11) is 0. The third-order valence-electron chi connectivity index (χ3n) is 2.56. The predicted octanol–water partition coefficient (Wildman–Crippen LogP) is 2.51. The fraction of sp³-hybridized carbons (Fsp3) is 0.429. The van der Waals surface area contributed by atoms with Gasteiger partial charge in [-0.25, -0.2) is 0 Å². The van der Waals surface area contributed by atoms with Crippen LogP contribution < -0.4 is 15.4 Å². The fourth-order valence-corrected chi connectivity index (χ4v) is 2.23. The van der Waals surface area contributed by atoms with Crippen LogP contribution >= 0.6 is 27.5 Å². The van der Waals surface area contributed by atoms with Crippen LogP contribution in [0.4, 0.5) is 0 Å². The van der Waals surface area contributed by atoms with Crippen LogP contribution in [-0.4, -0.2) is 31.0 Å². The van der Waals surface area contributed by atoms with Crippen molar-refractivity contribution in [2.75, 3.05) is 13.1 Å².